The number of nitrogens with zero attached hydrogens (tertiary/aromatic N) is 1. The minimum Gasteiger partial charge on any atom is -0.497 e. The van der Waals surface area contributed by atoms with Gasteiger partial charge in [-0.25, -0.2) is 0 Å². The Morgan fingerprint density at radius 3 is 2.38 bits per heavy atom. The van der Waals surface area contributed by atoms with Crippen molar-refractivity contribution in [1.82, 2.24) is 0 Å². The van der Waals surface area contributed by atoms with E-state index in [-0.39, 0.29) is 0 Å². The van der Waals surface area contributed by atoms with Gasteiger partial charge in [0.15, 0.2) is 0 Å². The summed E-state index contributed by atoms with van der Waals surface area (Å²) >= 11 is 0. The van der Waals surface area contributed by atoms with Gasteiger partial charge < -0.3 is 13.9 Å². The minimum atomic E-state index is 0.524. The minimum absolute atomic E-state index is 0.524. The molecule has 0 atom stereocenters. The highest BCUT2D eigenvalue weighted by Crippen LogP contribution is 2.16. The number of aliphatic imine (C=N–C) groups is 1. The number of ether oxygens (including phenoxy) is 2. The molecular formula is C20H19NO3. The second-order valence-electron chi connectivity index (χ2n) is 5.25. The molecule has 2 aromatic carbocycles. The lowest BCUT2D eigenvalue weighted by Gasteiger charge is -2.07. The molecule has 0 spiro atoms. The summed E-state index contributed by atoms with van der Waals surface area (Å²) in [5, 5.41) is 0. The van der Waals surface area contributed by atoms with Crippen molar-refractivity contribution in [3.05, 3.63) is 83.8 Å². The molecule has 0 unspecified atom stereocenters. The molecule has 0 aliphatic rings. The Labute approximate surface area is 141 Å². The Bertz CT molecular complexity index is 760. The molecule has 0 bridgehead atoms. The molecule has 0 saturated heterocycles. The van der Waals surface area contributed by atoms with E-state index in [1.54, 1.807) is 13.4 Å². The van der Waals surface area contributed by atoms with Gasteiger partial charge >= 0.3 is 0 Å². The van der Waals surface area contributed by atoms with E-state index in [4.69, 9.17) is 13.9 Å². The van der Waals surface area contributed by atoms with Crippen molar-refractivity contribution in [1.29, 1.82) is 0 Å². The summed E-state index contributed by atoms with van der Waals surface area (Å²) in [6.07, 6.45) is 3.48. The molecule has 0 radical (unpaired) electrons. The van der Waals surface area contributed by atoms with Crippen molar-refractivity contribution >= 4 is 6.21 Å². The molecular weight excluding hydrogens is 302 g/mol. The molecule has 0 fully saturated rings. The van der Waals surface area contributed by atoms with Gasteiger partial charge in [-0.2, -0.15) is 0 Å². The fraction of sp³-hybridized carbons (Fsp3) is 0.150. The third-order valence-corrected chi connectivity index (χ3v) is 3.51. The quantitative estimate of drug-likeness (QED) is 0.602. The van der Waals surface area contributed by atoms with E-state index in [2.05, 4.69) is 4.99 Å². The van der Waals surface area contributed by atoms with Crippen molar-refractivity contribution < 1.29 is 13.9 Å². The Morgan fingerprint density at radius 2 is 1.71 bits per heavy atom. The van der Waals surface area contributed by atoms with E-state index >= 15 is 0 Å². The van der Waals surface area contributed by atoms with Crippen LogP contribution in [0.15, 0.2) is 76.3 Å². The highest BCUT2D eigenvalue weighted by Gasteiger charge is 1.98. The summed E-state index contributed by atoms with van der Waals surface area (Å²) in [5.41, 5.74) is 2.12. The molecule has 0 saturated carbocycles. The Kier molecular flexibility index (Phi) is 5.30. The molecule has 4 heteroatoms. The van der Waals surface area contributed by atoms with E-state index in [1.165, 1.54) is 0 Å². The van der Waals surface area contributed by atoms with Gasteiger partial charge in [-0.15, -0.1) is 0 Å². The van der Waals surface area contributed by atoms with E-state index in [0.29, 0.717) is 13.2 Å². The lowest BCUT2D eigenvalue weighted by atomic mass is 10.2. The van der Waals surface area contributed by atoms with Gasteiger partial charge in [0.25, 0.3) is 0 Å². The van der Waals surface area contributed by atoms with Gasteiger partial charge in [-0.1, -0.05) is 12.1 Å². The number of hydrogen-bond donors (Lipinski definition) is 0. The lowest BCUT2D eigenvalue weighted by Crippen LogP contribution is -1.95. The molecule has 3 rings (SSSR count). The number of hydrogen-bond acceptors (Lipinski definition) is 4. The second kappa shape index (κ2) is 8.02. The summed E-state index contributed by atoms with van der Waals surface area (Å²) in [4.78, 5) is 4.35. The number of rotatable bonds is 7. The fourth-order valence-electron chi connectivity index (χ4n) is 2.18. The van der Waals surface area contributed by atoms with Crippen LogP contribution >= 0.6 is 0 Å². The number of methoxy groups -OCH3 is 1. The van der Waals surface area contributed by atoms with Crippen molar-refractivity contribution in [2.24, 2.45) is 4.99 Å². The Hall–Kier alpha value is -3.01. The first-order valence-electron chi connectivity index (χ1n) is 7.71. The average molecular weight is 321 g/mol. The van der Waals surface area contributed by atoms with E-state index in [0.717, 1.165) is 28.4 Å². The average Bonchev–Trinajstić information content (AvgIpc) is 3.15. The largest absolute Gasteiger partial charge is 0.497 e. The molecule has 122 valence electrons. The summed E-state index contributed by atoms with van der Waals surface area (Å²) in [6.45, 7) is 1.07. The summed E-state index contributed by atoms with van der Waals surface area (Å²) < 4.78 is 16.2. The van der Waals surface area contributed by atoms with Gasteiger partial charge in [0, 0.05) is 6.21 Å². The zero-order chi connectivity index (χ0) is 16.6. The first-order chi connectivity index (χ1) is 11.8. The van der Waals surface area contributed by atoms with E-state index in [9.17, 15) is 0 Å². The van der Waals surface area contributed by atoms with Gasteiger partial charge in [0.05, 0.1) is 19.9 Å². The maximum absolute atomic E-state index is 5.78. The van der Waals surface area contributed by atoms with Crippen LogP contribution in [0.2, 0.25) is 0 Å². The molecule has 1 aromatic heterocycles. The first kappa shape index (κ1) is 15.9. The van der Waals surface area contributed by atoms with Gasteiger partial charge in [0.2, 0.25) is 0 Å². The van der Waals surface area contributed by atoms with Crippen molar-refractivity contribution in [2.45, 2.75) is 13.2 Å². The predicted molar refractivity (Wildman–Crippen MR) is 93.8 cm³/mol. The highest BCUT2D eigenvalue weighted by molar-refractivity contribution is 5.79. The summed E-state index contributed by atoms with van der Waals surface area (Å²) in [6, 6.07) is 19.5. The maximum atomic E-state index is 5.78. The molecule has 4 nitrogen and oxygen atoms in total. The van der Waals surface area contributed by atoms with Gasteiger partial charge in [-0.05, 0) is 59.7 Å². The molecule has 0 N–H and O–H groups in total. The summed E-state index contributed by atoms with van der Waals surface area (Å²) in [5.74, 6) is 2.52. The second-order valence-corrected chi connectivity index (χ2v) is 5.25. The number of benzene rings is 2. The van der Waals surface area contributed by atoms with E-state index < -0.39 is 0 Å². The maximum Gasteiger partial charge on any atom is 0.125 e. The van der Waals surface area contributed by atoms with Gasteiger partial charge in [-0.3, -0.25) is 4.99 Å². The van der Waals surface area contributed by atoms with Crippen LogP contribution in [0.4, 0.5) is 0 Å². The van der Waals surface area contributed by atoms with Crippen LogP contribution in [-0.2, 0) is 13.2 Å². The predicted octanol–water partition coefficient (Wildman–Crippen LogP) is 4.49. The molecule has 1 heterocycles. The smallest absolute Gasteiger partial charge is 0.125 e. The van der Waals surface area contributed by atoms with Crippen molar-refractivity contribution in [3.63, 3.8) is 0 Å². The third kappa shape index (κ3) is 4.49. The van der Waals surface area contributed by atoms with Crippen LogP contribution in [0.5, 0.6) is 11.5 Å². The zero-order valence-corrected chi connectivity index (χ0v) is 13.5. The van der Waals surface area contributed by atoms with Crippen LogP contribution in [-0.4, -0.2) is 13.3 Å². The lowest BCUT2D eigenvalue weighted by molar-refractivity contribution is 0.306. The zero-order valence-electron chi connectivity index (χ0n) is 13.5. The van der Waals surface area contributed by atoms with Crippen molar-refractivity contribution in [2.75, 3.05) is 7.11 Å². The first-order valence-corrected chi connectivity index (χ1v) is 7.71. The SMILES string of the molecule is COc1ccc(COc2ccc(/C=N\Cc3ccco3)cc2)cc1. The van der Waals surface area contributed by atoms with Gasteiger partial charge in [0.1, 0.15) is 23.9 Å². The topological polar surface area (TPSA) is 44.0 Å². The Balaban J connectivity index is 1.51. The standard InChI is InChI=1S/C20H19NO3/c1-22-18-8-6-17(7-9-18)15-24-19-10-4-16(5-11-19)13-21-14-20-3-2-12-23-20/h2-13H,14-15H2,1H3/b21-13-. The molecule has 0 aliphatic carbocycles. The monoisotopic (exact) mass is 321 g/mol. The fourth-order valence-corrected chi connectivity index (χ4v) is 2.18. The highest BCUT2D eigenvalue weighted by atomic mass is 16.5. The van der Waals surface area contributed by atoms with Crippen LogP contribution in [0.25, 0.3) is 0 Å². The van der Waals surface area contributed by atoms with Crippen LogP contribution in [0.3, 0.4) is 0 Å². The molecule has 0 amide bonds. The summed E-state index contributed by atoms with van der Waals surface area (Å²) in [7, 11) is 1.66. The normalized spacial score (nSPS) is 10.9. The van der Waals surface area contributed by atoms with Crippen LogP contribution in [0, 0.1) is 0 Å². The van der Waals surface area contributed by atoms with Crippen LogP contribution in [0.1, 0.15) is 16.9 Å². The molecule has 24 heavy (non-hydrogen) atoms. The van der Waals surface area contributed by atoms with Crippen molar-refractivity contribution in [3.8, 4) is 11.5 Å². The van der Waals surface area contributed by atoms with Crippen LogP contribution < -0.4 is 9.47 Å². The molecule has 0 aliphatic heterocycles. The number of furan rings is 1. The van der Waals surface area contributed by atoms with E-state index in [1.807, 2.05) is 66.9 Å². The third-order valence-electron chi connectivity index (χ3n) is 3.51. The Morgan fingerprint density at radius 1 is 0.958 bits per heavy atom. The molecule has 3 aromatic rings.